The van der Waals surface area contributed by atoms with Crippen LogP contribution in [0.5, 0.6) is 0 Å². The lowest BCUT2D eigenvalue weighted by Gasteiger charge is -2.19. The van der Waals surface area contributed by atoms with Gasteiger partial charge in [0.05, 0.1) is 12.8 Å². The van der Waals surface area contributed by atoms with Crippen LogP contribution in [0.3, 0.4) is 0 Å². The van der Waals surface area contributed by atoms with Crippen LogP contribution in [-0.2, 0) is 13.1 Å². The normalized spacial score (nSPS) is 10.8. The van der Waals surface area contributed by atoms with Crippen LogP contribution in [0.15, 0.2) is 41.1 Å². The molecule has 0 radical (unpaired) electrons. The molecule has 0 fully saturated rings. The second-order valence-corrected chi connectivity index (χ2v) is 4.18. The van der Waals surface area contributed by atoms with Crippen molar-refractivity contribution in [3.8, 4) is 0 Å². The third kappa shape index (κ3) is 3.34. The zero-order chi connectivity index (χ0) is 12.8. The Labute approximate surface area is 108 Å². The fourth-order valence-corrected chi connectivity index (χ4v) is 1.83. The number of hydrogen-bond donors (Lipinski definition) is 1. The van der Waals surface area contributed by atoms with Gasteiger partial charge in [-0.2, -0.15) is 0 Å². The number of hydrogen-bond acceptors (Lipinski definition) is 4. The maximum absolute atomic E-state index is 5.37. The van der Waals surface area contributed by atoms with Crippen LogP contribution in [-0.4, -0.2) is 23.5 Å². The molecule has 4 nitrogen and oxygen atoms in total. The average molecular weight is 245 g/mol. The number of nitrogens with one attached hydrogen (secondary N) is 1. The van der Waals surface area contributed by atoms with Crippen LogP contribution in [0.25, 0.3) is 0 Å². The molecule has 0 unspecified atom stereocenters. The highest BCUT2D eigenvalue weighted by Gasteiger charge is 2.07. The molecule has 0 saturated heterocycles. The first-order chi connectivity index (χ1) is 8.81. The fraction of sp³-hybridized carbons (Fsp3) is 0.357. The van der Waals surface area contributed by atoms with E-state index in [0.717, 1.165) is 31.2 Å². The predicted octanol–water partition coefficient (Wildman–Crippen LogP) is 2.74. The van der Waals surface area contributed by atoms with Crippen LogP contribution in [0, 0.1) is 0 Å². The van der Waals surface area contributed by atoms with Gasteiger partial charge in [0.2, 0.25) is 0 Å². The van der Waals surface area contributed by atoms with Gasteiger partial charge in [0.15, 0.2) is 0 Å². The van der Waals surface area contributed by atoms with Gasteiger partial charge in [-0.25, -0.2) is 4.98 Å². The van der Waals surface area contributed by atoms with E-state index in [1.54, 1.807) is 6.26 Å². The summed E-state index contributed by atoms with van der Waals surface area (Å²) in [6.07, 6.45) is 3.63. The Morgan fingerprint density at radius 1 is 1.28 bits per heavy atom. The van der Waals surface area contributed by atoms with E-state index >= 15 is 0 Å². The SMILES string of the molecule is CCN(Cc1ccc(NC)nc1)Cc1ccco1. The standard InChI is InChI=1S/C14H19N3O/c1-3-17(11-13-5-4-8-18-13)10-12-6-7-14(15-2)16-9-12/h4-9H,3,10-11H2,1-2H3,(H,15,16). The summed E-state index contributed by atoms with van der Waals surface area (Å²) in [5.74, 6) is 1.89. The molecule has 2 heterocycles. The van der Waals surface area contributed by atoms with E-state index in [-0.39, 0.29) is 0 Å². The Bertz CT molecular complexity index is 450. The van der Waals surface area contributed by atoms with Crippen molar-refractivity contribution >= 4 is 5.82 Å². The maximum atomic E-state index is 5.37. The van der Waals surface area contributed by atoms with Crippen LogP contribution >= 0.6 is 0 Å². The quantitative estimate of drug-likeness (QED) is 0.849. The van der Waals surface area contributed by atoms with Gasteiger partial charge in [0.1, 0.15) is 11.6 Å². The highest BCUT2D eigenvalue weighted by Crippen LogP contribution is 2.11. The number of nitrogens with zero attached hydrogens (tertiary/aromatic N) is 2. The number of anilines is 1. The third-order valence-electron chi connectivity index (χ3n) is 2.89. The molecule has 0 spiro atoms. The van der Waals surface area contributed by atoms with E-state index in [9.17, 15) is 0 Å². The van der Waals surface area contributed by atoms with E-state index in [1.165, 1.54) is 5.56 Å². The summed E-state index contributed by atoms with van der Waals surface area (Å²) in [7, 11) is 1.87. The van der Waals surface area contributed by atoms with E-state index < -0.39 is 0 Å². The van der Waals surface area contributed by atoms with Crippen molar-refractivity contribution in [1.82, 2.24) is 9.88 Å². The Morgan fingerprint density at radius 2 is 2.17 bits per heavy atom. The summed E-state index contributed by atoms with van der Waals surface area (Å²) in [4.78, 5) is 6.63. The second-order valence-electron chi connectivity index (χ2n) is 4.18. The van der Waals surface area contributed by atoms with Crippen molar-refractivity contribution in [3.05, 3.63) is 48.0 Å². The molecule has 0 aliphatic carbocycles. The van der Waals surface area contributed by atoms with Crippen molar-refractivity contribution in [2.75, 3.05) is 18.9 Å². The molecule has 0 aliphatic heterocycles. The first-order valence-electron chi connectivity index (χ1n) is 6.19. The summed E-state index contributed by atoms with van der Waals surface area (Å²) in [5, 5.41) is 3.02. The van der Waals surface area contributed by atoms with Crippen LogP contribution < -0.4 is 5.32 Å². The second kappa shape index (κ2) is 6.21. The van der Waals surface area contributed by atoms with Crippen molar-refractivity contribution in [2.24, 2.45) is 0 Å². The van der Waals surface area contributed by atoms with Crippen molar-refractivity contribution in [2.45, 2.75) is 20.0 Å². The molecule has 0 amide bonds. The zero-order valence-corrected chi connectivity index (χ0v) is 10.9. The summed E-state index contributed by atoms with van der Waals surface area (Å²) in [6, 6.07) is 8.02. The molecule has 4 heteroatoms. The lowest BCUT2D eigenvalue weighted by Crippen LogP contribution is -2.22. The molecular formula is C14H19N3O. The number of furan rings is 1. The van der Waals surface area contributed by atoms with Gasteiger partial charge in [0, 0.05) is 19.8 Å². The Hall–Kier alpha value is -1.81. The highest BCUT2D eigenvalue weighted by molar-refractivity contribution is 5.34. The molecule has 2 aromatic rings. The summed E-state index contributed by atoms with van der Waals surface area (Å²) >= 11 is 0. The summed E-state index contributed by atoms with van der Waals surface area (Å²) < 4.78 is 5.37. The number of aromatic nitrogens is 1. The van der Waals surface area contributed by atoms with Gasteiger partial charge in [0.25, 0.3) is 0 Å². The smallest absolute Gasteiger partial charge is 0.125 e. The molecular weight excluding hydrogens is 226 g/mol. The molecule has 0 aromatic carbocycles. The molecule has 2 aromatic heterocycles. The fourth-order valence-electron chi connectivity index (χ4n) is 1.83. The Kier molecular flexibility index (Phi) is 4.36. The van der Waals surface area contributed by atoms with Crippen LogP contribution in [0.2, 0.25) is 0 Å². The Balaban J connectivity index is 1.96. The summed E-state index contributed by atoms with van der Waals surface area (Å²) in [5.41, 5.74) is 1.21. The molecule has 0 aliphatic rings. The zero-order valence-electron chi connectivity index (χ0n) is 10.9. The largest absolute Gasteiger partial charge is 0.468 e. The van der Waals surface area contributed by atoms with Crippen LogP contribution in [0.4, 0.5) is 5.82 Å². The topological polar surface area (TPSA) is 41.3 Å². The van der Waals surface area contributed by atoms with E-state index in [0.29, 0.717) is 0 Å². The molecule has 0 atom stereocenters. The molecule has 18 heavy (non-hydrogen) atoms. The molecule has 96 valence electrons. The van der Waals surface area contributed by atoms with Gasteiger partial charge in [-0.05, 0) is 30.3 Å². The van der Waals surface area contributed by atoms with Crippen molar-refractivity contribution < 1.29 is 4.42 Å². The lowest BCUT2D eigenvalue weighted by molar-refractivity contribution is 0.247. The Morgan fingerprint density at radius 3 is 2.72 bits per heavy atom. The predicted molar refractivity (Wildman–Crippen MR) is 72.3 cm³/mol. The third-order valence-corrected chi connectivity index (χ3v) is 2.89. The number of rotatable bonds is 6. The number of pyridine rings is 1. The molecule has 0 bridgehead atoms. The van der Waals surface area contributed by atoms with Crippen molar-refractivity contribution in [3.63, 3.8) is 0 Å². The average Bonchev–Trinajstić information content (AvgIpc) is 2.91. The van der Waals surface area contributed by atoms with Crippen molar-refractivity contribution in [1.29, 1.82) is 0 Å². The minimum Gasteiger partial charge on any atom is -0.468 e. The minimum absolute atomic E-state index is 0.831. The first kappa shape index (κ1) is 12.6. The van der Waals surface area contributed by atoms with Gasteiger partial charge < -0.3 is 9.73 Å². The van der Waals surface area contributed by atoms with Gasteiger partial charge in [-0.3, -0.25) is 4.90 Å². The van der Waals surface area contributed by atoms with Gasteiger partial charge >= 0.3 is 0 Å². The minimum atomic E-state index is 0.831. The molecule has 0 saturated carbocycles. The molecule has 1 N–H and O–H groups in total. The van der Waals surface area contributed by atoms with E-state index in [2.05, 4.69) is 28.2 Å². The van der Waals surface area contributed by atoms with Crippen LogP contribution in [0.1, 0.15) is 18.2 Å². The lowest BCUT2D eigenvalue weighted by atomic mass is 10.2. The first-order valence-corrected chi connectivity index (χ1v) is 6.19. The monoisotopic (exact) mass is 245 g/mol. The summed E-state index contributed by atoms with van der Waals surface area (Å²) in [6.45, 7) is 4.85. The highest BCUT2D eigenvalue weighted by atomic mass is 16.3. The van der Waals surface area contributed by atoms with Gasteiger partial charge in [-0.15, -0.1) is 0 Å². The van der Waals surface area contributed by atoms with E-state index in [4.69, 9.17) is 4.42 Å². The maximum Gasteiger partial charge on any atom is 0.125 e. The van der Waals surface area contributed by atoms with Gasteiger partial charge in [-0.1, -0.05) is 13.0 Å². The van der Waals surface area contributed by atoms with E-state index in [1.807, 2.05) is 31.4 Å². The molecule has 2 rings (SSSR count).